The lowest BCUT2D eigenvalue weighted by molar-refractivity contribution is -0.115. The molecule has 94 valence electrons. The van der Waals surface area contributed by atoms with E-state index < -0.39 is 5.82 Å². The van der Waals surface area contributed by atoms with Crippen LogP contribution in [0.1, 0.15) is 11.1 Å². The van der Waals surface area contributed by atoms with Crippen LogP contribution < -0.4 is 5.32 Å². The Morgan fingerprint density at radius 2 is 2.00 bits per heavy atom. The number of rotatable bonds is 3. The maximum absolute atomic E-state index is 12.6. The predicted octanol–water partition coefficient (Wildman–Crippen LogP) is 2.27. The molecular weight excluding hydrogens is 245 g/mol. The number of pyridine rings is 1. The van der Waals surface area contributed by atoms with E-state index in [0.717, 1.165) is 11.8 Å². The summed E-state index contributed by atoms with van der Waals surface area (Å²) in [5.41, 5.74) is 1.34. The molecule has 5 heteroatoms. The third kappa shape index (κ3) is 3.61. The van der Waals surface area contributed by atoms with Gasteiger partial charge in [-0.25, -0.2) is 9.37 Å². The summed E-state index contributed by atoms with van der Waals surface area (Å²) in [6.45, 7) is 0. The van der Waals surface area contributed by atoms with Gasteiger partial charge in [0.05, 0.1) is 24.3 Å². The fourth-order valence-electron chi connectivity index (χ4n) is 1.52. The Kier molecular flexibility index (Phi) is 3.84. The maximum Gasteiger partial charge on any atom is 0.229 e. The lowest BCUT2D eigenvalue weighted by Crippen LogP contribution is -2.15. The van der Waals surface area contributed by atoms with Gasteiger partial charge in [0.25, 0.3) is 0 Å². The first-order valence-corrected chi connectivity index (χ1v) is 5.58. The molecule has 0 aliphatic carbocycles. The molecule has 1 N–H and O–H groups in total. The summed E-state index contributed by atoms with van der Waals surface area (Å²) in [4.78, 5) is 15.4. The number of nitriles is 1. The fourth-order valence-corrected chi connectivity index (χ4v) is 1.52. The lowest BCUT2D eigenvalue weighted by Gasteiger charge is -2.04. The fraction of sp³-hybridized carbons (Fsp3) is 0.0714. The molecule has 0 saturated carbocycles. The summed E-state index contributed by atoms with van der Waals surface area (Å²) in [6.07, 6.45) is 1.21. The normalized spacial score (nSPS) is 9.68. The van der Waals surface area contributed by atoms with Crippen LogP contribution in [0.3, 0.4) is 0 Å². The average molecular weight is 255 g/mol. The van der Waals surface area contributed by atoms with Crippen LogP contribution in [0.2, 0.25) is 0 Å². The second-order valence-electron chi connectivity index (χ2n) is 3.90. The van der Waals surface area contributed by atoms with Gasteiger partial charge in [-0.15, -0.1) is 0 Å². The Morgan fingerprint density at radius 3 is 2.58 bits per heavy atom. The molecule has 0 spiro atoms. The molecule has 1 heterocycles. The standard InChI is InChI=1S/C14H10FN3O/c15-12-5-6-13(17-9-12)18-14(19)7-10-1-3-11(8-16)4-2-10/h1-6,9H,7H2,(H,17,18,19). The minimum atomic E-state index is -0.454. The van der Waals surface area contributed by atoms with E-state index in [1.165, 1.54) is 12.1 Å². The first-order valence-electron chi connectivity index (χ1n) is 5.58. The highest BCUT2D eigenvalue weighted by Gasteiger charge is 2.05. The molecule has 2 aromatic rings. The molecule has 2 rings (SSSR count). The molecular formula is C14H10FN3O. The Morgan fingerprint density at radius 1 is 1.26 bits per heavy atom. The van der Waals surface area contributed by atoms with Crippen molar-refractivity contribution in [2.75, 3.05) is 5.32 Å². The van der Waals surface area contributed by atoms with Crippen molar-refractivity contribution in [3.8, 4) is 6.07 Å². The Bertz CT molecular complexity index is 615. The summed E-state index contributed by atoms with van der Waals surface area (Å²) in [5, 5.41) is 11.2. The van der Waals surface area contributed by atoms with Gasteiger partial charge in [0, 0.05) is 0 Å². The van der Waals surface area contributed by atoms with Crippen molar-refractivity contribution in [3.05, 3.63) is 59.5 Å². The minimum Gasteiger partial charge on any atom is -0.310 e. The summed E-state index contributed by atoms with van der Waals surface area (Å²) >= 11 is 0. The molecule has 4 nitrogen and oxygen atoms in total. The van der Waals surface area contributed by atoms with Crippen molar-refractivity contribution in [1.29, 1.82) is 5.26 Å². The second kappa shape index (κ2) is 5.74. The smallest absolute Gasteiger partial charge is 0.229 e. The van der Waals surface area contributed by atoms with E-state index >= 15 is 0 Å². The number of benzene rings is 1. The molecule has 0 aliphatic rings. The number of halogens is 1. The molecule has 1 aromatic heterocycles. The van der Waals surface area contributed by atoms with Gasteiger partial charge in [0.1, 0.15) is 11.6 Å². The molecule has 0 saturated heterocycles. The zero-order valence-electron chi connectivity index (χ0n) is 9.93. The van der Waals surface area contributed by atoms with E-state index in [1.807, 2.05) is 6.07 Å². The minimum absolute atomic E-state index is 0.171. The van der Waals surface area contributed by atoms with Gasteiger partial charge < -0.3 is 5.32 Å². The first-order chi connectivity index (χ1) is 9.17. The summed E-state index contributed by atoms with van der Waals surface area (Å²) in [7, 11) is 0. The van der Waals surface area contributed by atoms with E-state index in [-0.39, 0.29) is 12.3 Å². The highest BCUT2D eigenvalue weighted by atomic mass is 19.1. The molecule has 0 aliphatic heterocycles. The number of hydrogen-bond donors (Lipinski definition) is 1. The van der Waals surface area contributed by atoms with Crippen LogP contribution >= 0.6 is 0 Å². The first kappa shape index (κ1) is 12.7. The number of hydrogen-bond acceptors (Lipinski definition) is 3. The molecule has 0 radical (unpaired) electrons. The Balaban J connectivity index is 1.97. The van der Waals surface area contributed by atoms with E-state index in [9.17, 15) is 9.18 Å². The van der Waals surface area contributed by atoms with Crippen molar-refractivity contribution >= 4 is 11.7 Å². The predicted molar refractivity (Wildman–Crippen MR) is 67.7 cm³/mol. The molecule has 1 aromatic carbocycles. The van der Waals surface area contributed by atoms with Crippen LogP contribution in [0.4, 0.5) is 10.2 Å². The van der Waals surface area contributed by atoms with Crippen LogP contribution in [0.5, 0.6) is 0 Å². The summed E-state index contributed by atoms with van der Waals surface area (Å²) in [6, 6.07) is 11.4. The molecule has 0 unspecified atom stereocenters. The van der Waals surface area contributed by atoms with Gasteiger partial charge in [-0.05, 0) is 29.8 Å². The highest BCUT2D eigenvalue weighted by molar-refractivity contribution is 5.91. The number of carbonyl (C=O) groups is 1. The third-order valence-corrected chi connectivity index (χ3v) is 2.44. The van der Waals surface area contributed by atoms with Gasteiger partial charge in [-0.3, -0.25) is 4.79 Å². The van der Waals surface area contributed by atoms with Crippen LogP contribution in [0, 0.1) is 17.1 Å². The van der Waals surface area contributed by atoms with Crippen LogP contribution in [-0.2, 0) is 11.2 Å². The Hall–Kier alpha value is -2.74. The quantitative estimate of drug-likeness (QED) is 0.914. The Labute approximate surface area is 109 Å². The number of anilines is 1. The monoisotopic (exact) mass is 255 g/mol. The molecule has 0 bridgehead atoms. The lowest BCUT2D eigenvalue weighted by atomic mass is 10.1. The van der Waals surface area contributed by atoms with Gasteiger partial charge in [0.2, 0.25) is 5.91 Å². The maximum atomic E-state index is 12.6. The largest absolute Gasteiger partial charge is 0.310 e. The van der Waals surface area contributed by atoms with Gasteiger partial charge in [-0.2, -0.15) is 5.26 Å². The van der Waals surface area contributed by atoms with Crippen LogP contribution in [-0.4, -0.2) is 10.9 Å². The molecule has 0 fully saturated rings. The number of carbonyl (C=O) groups excluding carboxylic acids is 1. The summed E-state index contributed by atoms with van der Waals surface area (Å²) in [5.74, 6) is -0.394. The van der Waals surface area contributed by atoms with Crippen molar-refractivity contribution in [1.82, 2.24) is 4.98 Å². The molecule has 19 heavy (non-hydrogen) atoms. The van der Waals surface area contributed by atoms with Crippen LogP contribution in [0.25, 0.3) is 0 Å². The van der Waals surface area contributed by atoms with Gasteiger partial charge in [0.15, 0.2) is 0 Å². The van der Waals surface area contributed by atoms with E-state index in [4.69, 9.17) is 5.26 Å². The van der Waals surface area contributed by atoms with E-state index in [0.29, 0.717) is 11.4 Å². The topological polar surface area (TPSA) is 65.8 Å². The number of nitrogens with zero attached hydrogens (tertiary/aromatic N) is 2. The number of nitrogens with one attached hydrogen (secondary N) is 1. The van der Waals surface area contributed by atoms with Crippen molar-refractivity contribution in [2.45, 2.75) is 6.42 Å². The average Bonchev–Trinajstić information content (AvgIpc) is 2.42. The van der Waals surface area contributed by atoms with Crippen molar-refractivity contribution in [3.63, 3.8) is 0 Å². The summed E-state index contributed by atoms with van der Waals surface area (Å²) < 4.78 is 12.6. The van der Waals surface area contributed by atoms with E-state index in [1.54, 1.807) is 24.3 Å². The number of aromatic nitrogens is 1. The van der Waals surface area contributed by atoms with Crippen molar-refractivity contribution < 1.29 is 9.18 Å². The molecule has 1 amide bonds. The zero-order chi connectivity index (χ0) is 13.7. The molecule has 0 atom stereocenters. The third-order valence-electron chi connectivity index (χ3n) is 2.44. The number of amides is 1. The zero-order valence-corrected chi connectivity index (χ0v) is 9.93. The van der Waals surface area contributed by atoms with Gasteiger partial charge in [-0.1, -0.05) is 12.1 Å². The van der Waals surface area contributed by atoms with Gasteiger partial charge >= 0.3 is 0 Å². The highest BCUT2D eigenvalue weighted by Crippen LogP contribution is 2.07. The van der Waals surface area contributed by atoms with E-state index in [2.05, 4.69) is 10.3 Å². The SMILES string of the molecule is N#Cc1ccc(CC(=O)Nc2ccc(F)cn2)cc1. The second-order valence-corrected chi connectivity index (χ2v) is 3.90. The van der Waals surface area contributed by atoms with Crippen LogP contribution in [0.15, 0.2) is 42.6 Å². The van der Waals surface area contributed by atoms with Crippen molar-refractivity contribution in [2.24, 2.45) is 0 Å².